The second-order valence-electron chi connectivity index (χ2n) is 4.17. The Labute approximate surface area is 102 Å². The highest BCUT2D eigenvalue weighted by Gasteiger charge is 2.27. The molecule has 1 heterocycles. The number of likely N-dealkylation sites (N-methyl/N-ethyl adjacent to an activating group) is 1. The number of nitrogens with two attached hydrogens (primary N) is 1. The fourth-order valence-corrected chi connectivity index (χ4v) is 1.77. The average Bonchev–Trinajstić information content (AvgIpc) is 2.30. The largest absolute Gasteiger partial charge is 0.377 e. The highest BCUT2D eigenvalue weighted by Crippen LogP contribution is 2.06. The van der Waals surface area contributed by atoms with Crippen molar-refractivity contribution in [2.45, 2.75) is 19.4 Å². The van der Waals surface area contributed by atoms with E-state index in [9.17, 15) is 9.59 Å². The predicted molar refractivity (Wildman–Crippen MR) is 63.3 cm³/mol. The van der Waals surface area contributed by atoms with E-state index in [-0.39, 0.29) is 31.0 Å². The van der Waals surface area contributed by atoms with E-state index in [0.29, 0.717) is 26.1 Å². The SMILES string of the molecule is CCOC(CN)CCN1CC(=O)N(C)CC1=O. The van der Waals surface area contributed by atoms with Crippen molar-refractivity contribution in [2.24, 2.45) is 5.73 Å². The molecule has 1 unspecified atom stereocenters. The van der Waals surface area contributed by atoms with Crippen LogP contribution in [0.2, 0.25) is 0 Å². The maximum absolute atomic E-state index is 11.7. The van der Waals surface area contributed by atoms with Crippen molar-refractivity contribution in [1.82, 2.24) is 9.80 Å². The lowest BCUT2D eigenvalue weighted by atomic mass is 10.2. The number of rotatable bonds is 6. The molecule has 0 aliphatic carbocycles. The first-order chi connectivity index (χ1) is 8.08. The van der Waals surface area contributed by atoms with Gasteiger partial charge in [-0.15, -0.1) is 0 Å². The van der Waals surface area contributed by atoms with Gasteiger partial charge in [0, 0.05) is 26.7 Å². The number of nitrogens with zero attached hydrogens (tertiary/aromatic N) is 2. The lowest BCUT2D eigenvalue weighted by molar-refractivity contribution is -0.149. The molecule has 0 aromatic rings. The Morgan fingerprint density at radius 3 is 2.65 bits per heavy atom. The van der Waals surface area contributed by atoms with Gasteiger partial charge in [0.05, 0.1) is 19.2 Å². The summed E-state index contributed by atoms with van der Waals surface area (Å²) in [5.74, 6) is -0.0373. The van der Waals surface area contributed by atoms with Crippen molar-refractivity contribution in [3.05, 3.63) is 0 Å². The molecule has 0 aromatic heterocycles. The quantitative estimate of drug-likeness (QED) is 0.652. The van der Waals surface area contributed by atoms with Crippen LogP contribution < -0.4 is 5.73 Å². The minimum atomic E-state index is -0.0393. The number of hydrogen-bond donors (Lipinski definition) is 1. The number of hydrogen-bond acceptors (Lipinski definition) is 4. The van der Waals surface area contributed by atoms with Crippen LogP contribution >= 0.6 is 0 Å². The summed E-state index contributed by atoms with van der Waals surface area (Å²) in [5, 5.41) is 0. The number of carbonyl (C=O) groups excluding carboxylic acids is 2. The number of carbonyl (C=O) groups is 2. The Morgan fingerprint density at radius 1 is 1.35 bits per heavy atom. The van der Waals surface area contributed by atoms with Crippen LogP contribution in [0, 0.1) is 0 Å². The van der Waals surface area contributed by atoms with Crippen molar-refractivity contribution in [3.8, 4) is 0 Å². The summed E-state index contributed by atoms with van der Waals surface area (Å²) in [7, 11) is 1.64. The van der Waals surface area contributed by atoms with Gasteiger partial charge in [-0.2, -0.15) is 0 Å². The molecule has 0 spiro atoms. The number of piperazine rings is 1. The average molecular weight is 243 g/mol. The molecule has 0 bridgehead atoms. The highest BCUT2D eigenvalue weighted by atomic mass is 16.5. The summed E-state index contributed by atoms with van der Waals surface area (Å²) in [6, 6.07) is 0. The Bertz CT molecular complexity index is 283. The molecule has 1 fully saturated rings. The van der Waals surface area contributed by atoms with Gasteiger partial charge in [-0.25, -0.2) is 0 Å². The second kappa shape index (κ2) is 6.56. The van der Waals surface area contributed by atoms with E-state index in [1.54, 1.807) is 11.9 Å². The smallest absolute Gasteiger partial charge is 0.242 e. The molecule has 1 aliphatic rings. The van der Waals surface area contributed by atoms with Crippen LogP contribution in [-0.4, -0.2) is 67.6 Å². The van der Waals surface area contributed by atoms with Crippen molar-refractivity contribution >= 4 is 11.8 Å². The molecule has 6 nitrogen and oxygen atoms in total. The van der Waals surface area contributed by atoms with Crippen LogP contribution in [0.25, 0.3) is 0 Å². The van der Waals surface area contributed by atoms with Crippen LogP contribution in [0.5, 0.6) is 0 Å². The van der Waals surface area contributed by atoms with Crippen molar-refractivity contribution in [3.63, 3.8) is 0 Å². The van der Waals surface area contributed by atoms with Crippen LogP contribution in [0.1, 0.15) is 13.3 Å². The van der Waals surface area contributed by atoms with Crippen molar-refractivity contribution < 1.29 is 14.3 Å². The summed E-state index contributed by atoms with van der Waals surface area (Å²) in [5.41, 5.74) is 5.55. The molecule has 1 saturated heterocycles. The van der Waals surface area contributed by atoms with E-state index in [1.165, 1.54) is 4.90 Å². The Morgan fingerprint density at radius 2 is 2.06 bits per heavy atom. The molecule has 0 aromatic carbocycles. The zero-order chi connectivity index (χ0) is 12.8. The van der Waals surface area contributed by atoms with Crippen LogP contribution in [0.15, 0.2) is 0 Å². The molecule has 0 saturated carbocycles. The molecule has 0 radical (unpaired) electrons. The Balaban J connectivity index is 2.40. The lowest BCUT2D eigenvalue weighted by Gasteiger charge is -2.32. The Hall–Kier alpha value is -1.14. The number of amides is 2. The summed E-state index contributed by atoms with van der Waals surface area (Å²) in [6.45, 7) is 3.81. The zero-order valence-electron chi connectivity index (χ0n) is 10.5. The van der Waals surface area contributed by atoms with Crippen molar-refractivity contribution in [1.29, 1.82) is 0 Å². The van der Waals surface area contributed by atoms with Gasteiger partial charge in [-0.1, -0.05) is 0 Å². The summed E-state index contributed by atoms with van der Waals surface area (Å²) in [4.78, 5) is 26.2. The van der Waals surface area contributed by atoms with Gasteiger partial charge in [0.2, 0.25) is 11.8 Å². The van der Waals surface area contributed by atoms with Gasteiger partial charge in [0.25, 0.3) is 0 Å². The predicted octanol–water partition coefficient (Wildman–Crippen LogP) is -0.959. The molecule has 2 amide bonds. The topological polar surface area (TPSA) is 75.9 Å². The fraction of sp³-hybridized carbons (Fsp3) is 0.818. The first-order valence-electron chi connectivity index (χ1n) is 5.91. The summed E-state index contributed by atoms with van der Waals surface area (Å²) in [6.07, 6.45) is 0.634. The van der Waals surface area contributed by atoms with E-state index >= 15 is 0 Å². The van der Waals surface area contributed by atoms with E-state index < -0.39 is 0 Å². The first kappa shape index (κ1) is 13.9. The highest BCUT2D eigenvalue weighted by molar-refractivity contribution is 5.92. The van der Waals surface area contributed by atoms with E-state index in [0.717, 1.165) is 0 Å². The minimum Gasteiger partial charge on any atom is -0.377 e. The van der Waals surface area contributed by atoms with E-state index in [4.69, 9.17) is 10.5 Å². The third-order valence-electron chi connectivity index (χ3n) is 2.86. The maximum Gasteiger partial charge on any atom is 0.242 e. The number of ether oxygens (including phenoxy) is 1. The second-order valence-corrected chi connectivity index (χ2v) is 4.17. The van der Waals surface area contributed by atoms with E-state index in [2.05, 4.69) is 0 Å². The first-order valence-corrected chi connectivity index (χ1v) is 5.91. The van der Waals surface area contributed by atoms with Gasteiger partial charge in [-0.05, 0) is 13.3 Å². The Kier molecular flexibility index (Phi) is 5.37. The summed E-state index contributed by atoms with van der Waals surface area (Å²) < 4.78 is 5.41. The van der Waals surface area contributed by atoms with Gasteiger partial charge in [0.1, 0.15) is 0 Å². The van der Waals surface area contributed by atoms with Crippen LogP contribution in [0.3, 0.4) is 0 Å². The monoisotopic (exact) mass is 243 g/mol. The summed E-state index contributed by atoms with van der Waals surface area (Å²) >= 11 is 0. The van der Waals surface area contributed by atoms with Crippen molar-refractivity contribution in [2.75, 3.05) is 39.8 Å². The molecule has 2 N–H and O–H groups in total. The third-order valence-corrected chi connectivity index (χ3v) is 2.86. The normalized spacial score (nSPS) is 18.8. The molecule has 1 aliphatic heterocycles. The molecular weight excluding hydrogens is 222 g/mol. The van der Waals surface area contributed by atoms with E-state index in [1.807, 2.05) is 6.92 Å². The van der Waals surface area contributed by atoms with Crippen LogP contribution in [0.4, 0.5) is 0 Å². The molecule has 6 heteroatoms. The zero-order valence-corrected chi connectivity index (χ0v) is 10.5. The van der Waals surface area contributed by atoms with Gasteiger partial charge >= 0.3 is 0 Å². The molecule has 98 valence electrons. The molecule has 1 atom stereocenters. The fourth-order valence-electron chi connectivity index (χ4n) is 1.77. The lowest BCUT2D eigenvalue weighted by Crippen LogP contribution is -2.52. The van der Waals surface area contributed by atoms with Gasteiger partial charge < -0.3 is 20.3 Å². The van der Waals surface area contributed by atoms with Gasteiger partial charge in [-0.3, -0.25) is 9.59 Å². The standard InChI is InChI=1S/C11H21N3O3/c1-3-17-9(6-12)4-5-14-8-10(15)13(2)7-11(14)16/h9H,3-8,12H2,1-2H3. The van der Waals surface area contributed by atoms with Gasteiger partial charge in [0.15, 0.2) is 0 Å². The maximum atomic E-state index is 11.7. The molecule has 1 rings (SSSR count). The molecule has 17 heavy (non-hydrogen) atoms. The third kappa shape index (κ3) is 3.98. The minimum absolute atomic E-state index is 0.0145. The van der Waals surface area contributed by atoms with Crippen LogP contribution in [-0.2, 0) is 14.3 Å². The molecular formula is C11H21N3O3.